The lowest BCUT2D eigenvalue weighted by Crippen LogP contribution is -2.36. The lowest BCUT2D eigenvalue weighted by atomic mass is 9.96. The van der Waals surface area contributed by atoms with E-state index < -0.39 is 11.4 Å². The molecule has 2 amide bonds. The molecular weight excluding hydrogens is 272 g/mol. The third-order valence-electron chi connectivity index (χ3n) is 2.75. The van der Waals surface area contributed by atoms with Gasteiger partial charge in [-0.2, -0.15) is 0 Å². The van der Waals surface area contributed by atoms with Crippen LogP contribution in [0.4, 0.5) is 5.69 Å². The Morgan fingerprint density at radius 2 is 1.76 bits per heavy atom. The molecule has 0 saturated carbocycles. The van der Waals surface area contributed by atoms with Gasteiger partial charge in [0.05, 0.1) is 11.3 Å². The van der Waals surface area contributed by atoms with E-state index in [4.69, 9.17) is 5.11 Å². The predicted octanol–water partition coefficient (Wildman–Crippen LogP) is 1.88. The number of hydrogen-bond acceptors (Lipinski definition) is 3. The largest absolute Gasteiger partial charge is 0.478 e. The molecule has 0 atom stereocenters. The molecule has 0 aliphatic rings. The Bertz CT molecular complexity index is 547. The second-order valence-electron chi connectivity index (χ2n) is 5.65. The normalized spacial score (nSPS) is 10.8. The zero-order chi connectivity index (χ0) is 16.0. The van der Waals surface area contributed by atoms with Crippen molar-refractivity contribution in [3.05, 3.63) is 29.8 Å². The second kappa shape index (κ2) is 6.88. The van der Waals surface area contributed by atoms with E-state index in [0.717, 1.165) is 0 Å². The number of nitrogens with one attached hydrogen (secondary N) is 2. The molecule has 114 valence electrons. The number of aromatic carboxylic acids is 1. The van der Waals surface area contributed by atoms with Gasteiger partial charge in [0.15, 0.2) is 0 Å². The van der Waals surface area contributed by atoms with E-state index in [1.54, 1.807) is 32.9 Å². The zero-order valence-electron chi connectivity index (χ0n) is 12.4. The Kier molecular flexibility index (Phi) is 5.46. The number of para-hydroxylation sites is 1. The van der Waals surface area contributed by atoms with Crippen LogP contribution in [0.2, 0.25) is 0 Å². The highest BCUT2D eigenvalue weighted by Gasteiger charge is 2.20. The van der Waals surface area contributed by atoms with Gasteiger partial charge in [0.25, 0.3) is 0 Å². The van der Waals surface area contributed by atoms with Crippen LogP contribution in [-0.2, 0) is 9.59 Å². The summed E-state index contributed by atoms with van der Waals surface area (Å²) in [6, 6.07) is 6.17. The first kappa shape index (κ1) is 16.7. The highest BCUT2D eigenvalue weighted by Crippen LogP contribution is 2.15. The molecule has 1 aromatic rings. The van der Waals surface area contributed by atoms with Crippen molar-refractivity contribution in [1.29, 1.82) is 0 Å². The molecule has 0 aliphatic carbocycles. The molecule has 0 radical (unpaired) electrons. The van der Waals surface area contributed by atoms with E-state index in [0.29, 0.717) is 0 Å². The van der Waals surface area contributed by atoms with Crippen molar-refractivity contribution in [2.45, 2.75) is 27.2 Å². The number of rotatable bonds is 5. The second-order valence-corrected chi connectivity index (χ2v) is 5.65. The van der Waals surface area contributed by atoms with Gasteiger partial charge in [0.2, 0.25) is 11.8 Å². The molecule has 0 aliphatic heterocycles. The first-order valence-electron chi connectivity index (χ1n) is 6.62. The minimum atomic E-state index is -1.10. The minimum absolute atomic E-state index is 0.0320. The summed E-state index contributed by atoms with van der Waals surface area (Å²) in [5.74, 6) is -1.59. The van der Waals surface area contributed by atoms with E-state index in [2.05, 4.69) is 10.6 Å². The third kappa shape index (κ3) is 5.25. The molecule has 6 heteroatoms. The average Bonchev–Trinajstić information content (AvgIpc) is 2.37. The molecule has 0 bridgehead atoms. The summed E-state index contributed by atoms with van der Waals surface area (Å²) >= 11 is 0. The molecule has 1 rings (SSSR count). The Morgan fingerprint density at radius 1 is 1.14 bits per heavy atom. The molecule has 0 unspecified atom stereocenters. The summed E-state index contributed by atoms with van der Waals surface area (Å²) in [5.41, 5.74) is -0.228. The van der Waals surface area contributed by atoms with Crippen LogP contribution in [0.3, 0.4) is 0 Å². The van der Waals surface area contributed by atoms with Gasteiger partial charge >= 0.3 is 5.97 Å². The van der Waals surface area contributed by atoms with Gasteiger partial charge in [-0.1, -0.05) is 32.9 Å². The van der Waals surface area contributed by atoms with Crippen molar-refractivity contribution in [2.75, 3.05) is 11.9 Å². The highest BCUT2D eigenvalue weighted by molar-refractivity contribution is 6.00. The molecule has 0 heterocycles. The average molecular weight is 292 g/mol. The number of carbonyl (C=O) groups excluding carboxylic acids is 2. The molecule has 0 saturated heterocycles. The summed E-state index contributed by atoms with van der Waals surface area (Å²) < 4.78 is 0. The number of carboxylic acid groups (broad SMARTS) is 1. The highest BCUT2D eigenvalue weighted by atomic mass is 16.4. The van der Waals surface area contributed by atoms with Gasteiger partial charge < -0.3 is 15.7 Å². The maximum atomic E-state index is 11.8. The third-order valence-corrected chi connectivity index (χ3v) is 2.75. The van der Waals surface area contributed by atoms with Gasteiger partial charge in [-0.25, -0.2) is 4.79 Å². The number of amides is 2. The molecule has 0 spiro atoms. The maximum absolute atomic E-state index is 11.8. The molecule has 21 heavy (non-hydrogen) atoms. The van der Waals surface area contributed by atoms with Gasteiger partial charge in [-0.3, -0.25) is 9.59 Å². The molecule has 6 nitrogen and oxygen atoms in total. The summed E-state index contributed by atoms with van der Waals surface area (Å²) in [4.78, 5) is 34.4. The molecule has 1 aromatic carbocycles. The van der Waals surface area contributed by atoms with Crippen LogP contribution in [0.25, 0.3) is 0 Å². The Hall–Kier alpha value is -2.37. The van der Waals surface area contributed by atoms with Crippen LogP contribution < -0.4 is 10.6 Å². The van der Waals surface area contributed by atoms with E-state index in [1.165, 1.54) is 12.1 Å². The summed E-state index contributed by atoms with van der Waals surface area (Å²) in [5, 5.41) is 14.2. The van der Waals surface area contributed by atoms with Crippen LogP contribution in [0.15, 0.2) is 24.3 Å². The van der Waals surface area contributed by atoms with E-state index in [1.807, 2.05) is 0 Å². The first-order chi connectivity index (χ1) is 9.71. The van der Waals surface area contributed by atoms with Gasteiger partial charge in [0, 0.05) is 18.4 Å². The summed E-state index contributed by atoms with van der Waals surface area (Å²) in [6.45, 7) is 5.56. The lowest BCUT2D eigenvalue weighted by Gasteiger charge is -2.17. The monoisotopic (exact) mass is 292 g/mol. The molecular formula is C15H20N2O4. The van der Waals surface area contributed by atoms with Gasteiger partial charge in [-0.15, -0.1) is 0 Å². The van der Waals surface area contributed by atoms with Crippen molar-refractivity contribution >= 4 is 23.5 Å². The smallest absolute Gasteiger partial charge is 0.337 e. The molecule has 0 aromatic heterocycles. The molecule has 0 fully saturated rings. The first-order valence-corrected chi connectivity index (χ1v) is 6.62. The van der Waals surface area contributed by atoms with Crippen molar-refractivity contribution in [3.8, 4) is 0 Å². The van der Waals surface area contributed by atoms with Crippen molar-refractivity contribution in [1.82, 2.24) is 5.32 Å². The topological polar surface area (TPSA) is 95.5 Å². The number of hydrogen-bond donors (Lipinski definition) is 3. The SMILES string of the molecule is CC(C)(C)C(=O)NCCC(=O)Nc1ccccc1C(=O)O. The standard InChI is InChI=1S/C15H20N2O4/c1-15(2,3)14(21)16-9-8-12(18)17-11-7-5-4-6-10(11)13(19)20/h4-7H,8-9H2,1-3H3,(H,16,21)(H,17,18)(H,19,20). The predicted molar refractivity (Wildman–Crippen MR) is 79.1 cm³/mol. The Labute approximate surface area is 123 Å². The fraction of sp³-hybridized carbons (Fsp3) is 0.400. The van der Waals surface area contributed by atoms with Crippen LogP contribution in [0, 0.1) is 5.41 Å². The fourth-order valence-corrected chi connectivity index (χ4v) is 1.55. The van der Waals surface area contributed by atoms with E-state index in [9.17, 15) is 14.4 Å². The van der Waals surface area contributed by atoms with Crippen molar-refractivity contribution in [3.63, 3.8) is 0 Å². The summed E-state index contributed by atoms with van der Waals surface area (Å²) in [7, 11) is 0. The Balaban J connectivity index is 2.52. The van der Waals surface area contributed by atoms with Gasteiger partial charge in [0.1, 0.15) is 0 Å². The number of benzene rings is 1. The fourth-order valence-electron chi connectivity index (χ4n) is 1.55. The van der Waals surface area contributed by atoms with Gasteiger partial charge in [-0.05, 0) is 12.1 Å². The number of anilines is 1. The maximum Gasteiger partial charge on any atom is 0.337 e. The van der Waals surface area contributed by atoms with Crippen LogP contribution in [0.5, 0.6) is 0 Å². The Morgan fingerprint density at radius 3 is 2.33 bits per heavy atom. The van der Waals surface area contributed by atoms with E-state index >= 15 is 0 Å². The number of carboxylic acids is 1. The number of carbonyl (C=O) groups is 3. The molecule has 3 N–H and O–H groups in total. The van der Waals surface area contributed by atoms with Crippen LogP contribution >= 0.6 is 0 Å². The van der Waals surface area contributed by atoms with Crippen LogP contribution in [-0.4, -0.2) is 29.4 Å². The van der Waals surface area contributed by atoms with Crippen molar-refractivity contribution < 1.29 is 19.5 Å². The lowest BCUT2D eigenvalue weighted by molar-refractivity contribution is -0.128. The quantitative estimate of drug-likeness (QED) is 0.772. The van der Waals surface area contributed by atoms with E-state index in [-0.39, 0.29) is 36.0 Å². The van der Waals surface area contributed by atoms with Crippen molar-refractivity contribution in [2.24, 2.45) is 5.41 Å². The van der Waals surface area contributed by atoms with Crippen LogP contribution in [0.1, 0.15) is 37.6 Å². The zero-order valence-corrected chi connectivity index (χ0v) is 12.4. The summed E-state index contributed by atoms with van der Waals surface area (Å²) in [6.07, 6.45) is 0.0791. The minimum Gasteiger partial charge on any atom is -0.478 e.